The average molecular weight is 216 g/mol. The van der Waals surface area contributed by atoms with E-state index in [1.807, 2.05) is 26.1 Å². The molecule has 3 nitrogen and oxygen atoms in total. The third-order valence-electron chi connectivity index (χ3n) is 3.87. The Labute approximate surface area is 95.2 Å². The SMILES string of the molecule is CC(N)c1cccc2c1C1(CC1)C(=O)N2C. The predicted molar refractivity (Wildman–Crippen MR) is 63.4 cm³/mol. The lowest BCUT2D eigenvalue weighted by Crippen LogP contribution is -2.28. The van der Waals surface area contributed by atoms with Gasteiger partial charge in [-0.1, -0.05) is 12.1 Å². The number of benzene rings is 1. The summed E-state index contributed by atoms with van der Waals surface area (Å²) in [6.07, 6.45) is 1.96. The van der Waals surface area contributed by atoms with Gasteiger partial charge < -0.3 is 10.6 Å². The highest BCUT2D eigenvalue weighted by atomic mass is 16.2. The van der Waals surface area contributed by atoms with Crippen molar-refractivity contribution in [1.29, 1.82) is 0 Å². The van der Waals surface area contributed by atoms with Gasteiger partial charge in [0.15, 0.2) is 0 Å². The summed E-state index contributed by atoms with van der Waals surface area (Å²) in [7, 11) is 1.86. The van der Waals surface area contributed by atoms with E-state index in [1.165, 1.54) is 5.56 Å². The summed E-state index contributed by atoms with van der Waals surface area (Å²) in [4.78, 5) is 14.0. The predicted octanol–water partition coefficient (Wildman–Crippen LogP) is 1.71. The highest BCUT2D eigenvalue weighted by Gasteiger charge is 2.59. The molecule has 1 atom stereocenters. The molecule has 0 bridgehead atoms. The Morgan fingerprint density at radius 3 is 2.69 bits per heavy atom. The van der Waals surface area contributed by atoms with Crippen molar-refractivity contribution in [2.24, 2.45) is 5.73 Å². The number of carbonyl (C=O) groups excluding carboxylic acids is 1. The monoisotopic (exact) mass is 216 g/mol. The third-order valence-corrected chi connectivity index (χ3v) is 3.87. The lowest BCUT2D eigenvalue weighted by Gasteiger charge is -2.14. The Hall–Kier alpha value is -1.35. The van der Waals surface area contributed by atoms with E-state index in [0.717, 1.165) is 24.1 Å². The number of nitrogens with zero attached hydrogens (tertiary/aromatic N) is 1. The van der Waals surface area contributed by atoms with Crippen LogP contribution in [0.15, 0.2) is 18.2 Å². The number of hydrogen-bond acceptors (Lipinski definition) is 2. The third kappa shape index (κ3) is 0.990. The van der Waals surface area contributed by atoms with Crippen LogP contribution in [-0.4, -0.2) is 13.0 Å². The molecule has 16 heavy (non-hydrogen) atoms. The average Bonchev–Trinajstić information content (AvgIpc) is 3.03. The number of rotatable bonds is 1. The van der Waals surface area contributed by atoms with Gasteiger partial charge in [0, 0.05) is 18.8 Å². The number of hydrogen-bond donors (Lipinski definition) is 1. The molecular weight excluding hydrogens is 200 g/mol. The van der Waals surface area contributed by atoms with Gasteiger partial charge in [-0.2, -0.15) is 0 Å². The molecule has 0 radical (unpaired) electrons. The Bertz CT molecular complexity index is 475. The second kappa shape index (κ2) is 2.86. The minimum atomic E-state index is -0.214. The molecule has 1 amide bonds. The Balaban J connectivity index is 2.27. The second-order valence-corrected chi connectivity index (χ2v) is 4.98. The van der Waals surface area contributed by atoms with Gasteiger partial charge in [-0.15, -0.1) is 0 Å². The van der Waals surface area contributed by atoms with E-state index in [0.29, 0.717) is 0 Å². The van der Waals surface area contributed by atoms with Crippen LogP contribution in [0.3, 0.4) is 0 Å². The maximum Gasteiger partial charge on any atom is 0.237 e. The molecule has 1 aliphatic heterocycles. The topological polar surface area (TPSA) is 46.3 Å². The first-order valence-electron chi connectivity index (χ1n) is 5.75. The normalized spacial score (nSPS) is 22.4. The highest BCUT2D eigenvalue weighted by molar-refractivity contribution is 6.10. The summed E-state index contributed by atoms with van der Waals surface area (Å²) >= 11 is 0. The van der Waals surface area contributed by atoms with Crippen molar-refractivity contribution in [1.82, 2.24) is 0 Å². The Kier molecular flexibility index (Phi) is 1.76. The van der Waals surface area contributed by atoms with Crippen molar-refractivity contribution in [3.05, 3.63) is 29.3 Å². The number of nitrogens with two attached hydrogens (primary N) is 1. The molecule has 1 unspecified atom stereocenters. The van der Waals surface area contributed by atoms with Crippen LogP contribution < -0.4 is 10.6 Å². The van der Waals surface area contributed by atoms with E-state index in [4.69, 9.17) is 5.73 Å². The fraction of sp³-hybridized carbons (Fsp3) is 0.462. The maximum absolute atomic E-state index is 12.2. The van der Waals surface area contributed by atoms with Crippen molar-refractivity contribution < 1.29 is 4.79 Å². The lowest BCUT2D eigenvalue weighted by atomic mass is 9.90. The van der Waals surface area contributed by atoms with Crippen LogP contribution >= 0.6 is 0 Å². The van der Waals surface area contributed by atoms with Crippen LogP contribution in [0.2, 0.25) is 0 Å². The maximum atomic E-state index is 12.2. The van der Waals surface area contributed by atoms with Crippen LogP contribution in [0.25, 0.3) is 0 Å². The second-order valence-electron chi connectivity index (χ2n) is 4.98. The zero-order chi connectivity index (χ0) is 11.5. The van der Waals surface area contributed by atoms with Crippen molar-refractivity contribution in [2.75, 3.05) is 11.9 Å². The van der Waals surface area contributed by atoms with Crippen LogP contribution in [0.1, 0.15) is 36.9 Å². The fourth-order valence-electron chi connectivity index (χ4n) is 2.86. The zero-order valence-electron chi connectivity index (χ0n) is 9.66. The molecule has 2 aliphatic rings. The standard InChI is InChI=1S/C13H16N2O/c1-8(14)9-4-3-5-10-11(9)13(6-7-13)12(16)15(10)2/h3-5,8H,6-7,14H2,1-2H3. The minimum absolute atomic E-state index is 0.00766. The van der Waals surface area contributed by atoms with Crippen LogP contribution in [-0.2, 0) is 10.2 Å². The summed E-state index contributed by atoms with van der Waals surface area (Å²) < 4.78 is 0. The number of anilines is 1. The Morgan fingerprint density at radius 2 is 2.12 bits per heavy atom. The van der Waals surface area contributed by atoms with Gasteiger partial charge >= 0.3 is 0 Å². The molecule has 1 heterocycles. The van der Waals surface area contributed by atoms with Crippen molar-refractivity contribution in [3.8, 4) is 0 Å². The van der Waals surface area contributed by atoms with Gasteiger partial charge in [-0.25, -0.2) is 0 Å². The molecule has 1 aromatic carbocycles. The van der Waals surface area contributed by atoms with Crippen molar-refractivity contribution >= 4 is 11.6 Å². The van der Waals surface area contributed by atoms with Gasteiger partial charge in [0.05, 0.1) is 5.41 Å². The van der Waals surface area contributed by atoms with E-state index in [1.54, 1.807) is 4.90 Å². The van der Waals surface area contributed by atoms with E-state index < -0.39 is 0 Å². The summed E-state index contributed by atoms with van der Waals surface area (Å²) in [5.41, 5.74) is 9.16. The van der Waals surface area contributed by atoms with Gasteiger partial charge in [0.25, 0.3) is 0 Å². The molecule has 0 saturated heterocycles. The first kappa shape index (κ1) is 9.85. The first-order valence-corrected chi connectivity index (χ1v) is 5.75. The largest absolute Gasteiger partial charge is 0.324 e. The first-order chi connectivity index (χ1) is 7.58. The molecule has 1 aromatic rings. The summed E-state index contributed by atoms with van der Waals surface area (Å²) in [6.45, 7) is 1.98. The summed E-state index contributed by atoms with van der Waals surface area (Å²) in [5.74, 6) is 0.246. The number of amides is 1. The molecule has 3 heteroatoms. The van der Waals surface area contributed by atoms with E-state index in [-0.39, 0.29) is 17.4 Å². The van der Waals surface area contributed by atoms with E-state index in [2.05, 4.69) is 6.07 Å². The quantitative estimate of drug-likeness (QED) is 0.776. The van der Waals surface area contributed by atoms with Crippen LogP contribution in [0, 0.1) is 0 Å². The summed E-state index contributed by atoms with van der Waals surface area (Å²) in [5, 5.41) is 0. The van der Waals surface area contributed by atoms with Crippen LogP contribution in [0.5, 0.6) is 0 Å². The zero-order valence-corrected chi connectivity index (χ0v) is 9.66. The molecule has 1 saturated carbocycles. The molecule has 1 aliphatic carbocycles. The smallest absolute Gasteiger partial charge is 0.237 e. The number of fused-ring (bicyclic) bond motifs is 2. The fourth-order valence-corrected chi connectivity index (χ4v) is 2.86. The molecule has 1 spiro atoms. The van der Waals surface area contributed by atoms with Gasteiger partial charge in [-0.05, 0) is 37.0 Å². The van der Waals surface area contributed by atoms with E-state index >= 15 is 0 Å². The van der Waals surface area contributed by atoms with Crippen molar-refractivity contribution in [3.63, 3.8) is 0 Å². The minimum Gasteiger partial charge on any atom is -0.324 e. The summed E-state index contributed by atoms with van der Waals surface area (Å²) in [6, 6.07) is 6.05. The molecule has 3 rings (SSSR count). The molecular formula is C13H16N2O. The van der Waals surface area contributed by atoms with Crippen molar-refractivity contribution in [2.45, 2.75) is 31.2 Å². The number of carbonyl (C=O) groups is 1. The van der Waals surface area contributed by atoms with Gasteiger partial charge in [0.2, 0.25) is 5.91 Å². The molecule has 84 valence electrons. The number of likely N-dealkylation sites (N-methyl/N-ethyl adjacent to an activating group) is 1. The lowest BCUT2D eigenvalue weighted by molar-refractivity contribution is -0.119. The Morgan fingerprint density at radius 1 is 1.44 bits per heavy atom. The molecule has 2 N–H and O–H groups in total. The van der Waals surface area contributed by atoms with Gasteiger partial charge in [0.1, 0.15) is 0 Å². The van der Waals surface area contributed by atoms with Crippen LogP contribution in [0.4, 0.5) is 5.69 Å². The van der Waals surface area contributed by atoms with E-state index in [9.17, 15) is 4.79 Å². The highest BCUT2D eigenvalue weighted by Crippen LogP contribution is 2.58. The molecule has 0 aromatic heterocycles. The van der Waals surface area contributed by atoms with Gasteiger partial charge in [-0.3, -0.25) is 4.79 Å². The molecule has 1 fully saturated rings.